The number of guanidine groups is 1. The van der Waals surface area contributed by atoms with E-state index in [4.69, 9.17) is 0 Å². The van der Waals surface area contributed by atoms with Crippen molar-refractivity contribution in [2.24, 2.45) is 4.99 Å². The fourth-order valence-electron chi connectivity index (χ4n) is 3.41. The molecule has 0 radical (unpaired) electrons. The molecule has 0 aliphatic carbocycles. The highest BCUT2D eigenvalue weighted by molar-refractivity contribution is 14.0. The van der Waals surface area contributed by atoms with Crippen molar-refractivity contribution < 1.29 is 8.42 Å². The third kappa shape index (κ3) is 7.62. The summed E-state index contributed by atoms with van der Waals surface area (Å²) in [7, 11) is -3.45. The van der Waals surface area contributed by atoms with Crippen LogP contribution in [0.5, 0.6) is 0 Å². The maximum atomic E-state index is 12.2. The summed E-state index contributed by atoms with van der Waals surface area (Å²) >= 11 is 1.20. The molecule has 0 spiro atoms. The fourth-order valence-corrected chi connectivity index (χ4v) is 5.47. The number of thiophene rings is 1. The maximum absolute atomic E-state index is 12.2. The van der Waals surface area contributed by atoms with Crippen LogP contribution < -0.4 is 20.3 Å². The third-order valence-corrected chi connectivity index (χ3v) is 7.83. The lowest BCUT2D eigenvalue weighted by atomic mass is 10.1. The smallest absolute Gasteiger partial charge is 0.250 e. The minimum absolute atomic E-state index is 0. The first-order valence-corrected chi connectivity index (χ1v) is 12.8. The standard InChI is InChI=1S/C21H31N5O2S2.HI/c1-3-22-21(23-11-12-24-30(27,28)20-10-7-15-29-20)25-17(2)18-8-6-9-19(16-18)26-13-4-5-14-26;/h6-10,15-17,24H,3-5,11-14H2,1-2H3,(H2,22,23,25);1H. The number of aliphatic imine (C=N–C) groups is 1. The Balaban J connectivity index is 0.00000341. The van der Waals surface area contributed by atoms with E-state index in [1.165, 1.54) is 35.4 Å². The first-order valence-electron chi connectivity index (χ1n) is 10.4. The minimum Gasteiger partial charge on any atom is -0.372 e. The van der Waals surface area contributed by atoms with E-state index in [-0.39, 0.29) is 36.6 Å². The van der Waals surface area contributed by atoms with Crippen LogP contribution >= 0.6 is 35.3 Å². The molecule has 1 aliphatic rings. The van der Waals surface area contributed by atoms with Crippen LogP contribution in [0.25, 0.3) is 0 Å². The number of halogens is 1. The van der Waals surface area contributed by atoms with Gasteiger partial charge in [-0.1, -0.05) is 18.2 Å². The number of anilines is 1. The summed E-state index contributed by atoms with van der Waals surface area (Å²) in [6, 6.07) is 12.0. The van der Waals surface area contributed by atoms with Crippen molar-refractivity contribution in [3.8, 4) is 0 Å². The van der Waals surface area contributed by atoms with Crippen LogP contribution in [0, 0.1) is 0 Å². The second-order valence-electron chi connectivity index (χ2n) is 7.25. The van der Waals surface area contributed by atoms with Crippen LogP contribution in [0.2, 0.25) is 0 Å². The average Bonchev–Trinajstić information content (AvgIpc) is 3.46. The second kappa shape index (κ2) is 12.6. The summed E-state index contributed by atoms with van der Waals surface area (Å²) in [5.74, 6) is 0.673. The van der Waals surface area contributed by atoms with Gasteiger partial charge in [0.05, 0.1) is 12.6 Å². The lowest BCUT2D eigenvalue weighted by Crippen LogP contribution is -2.39. The van der Waals surface area contributed by atoms with Gasteiger partial charge in [-0.15, -0.1) is 35.3 Å². The molecule has 0 saturated carbocycles. The molecule has 3 rings (SSSR count). The van der Waals surface area contributed by atoms with E-state index in [1.807, 2.05) is 6.92 Å². The molecule has 2 heterocycles. The molecule has 1 aromatic heterocycles. The Labute approximate surface area is 206 Å². The lowest BCUT2D eigenvalue weighted by Gasteiger charge is -2.22. The van der Waals surface area contributed by atoms with Crippen molar-refractivity contribution in [1.82, 2.24) is 15.4 Å². The van der Waals surface area contributed by atoms with Gasteiger partial charge in [-0.3, -0.25) is 4.99 Å². The molecule has 1 atom stereocenters. The lowest BCUT2D eigenvalue weighted by molar-refractivity contribution is 0.584. The highest BCUT2D eigenvalue weighted by atomic mass is 127. The van der Waals surface area contributed by atoms with E-state index in [1.54, 1.807) is 17.5 Å². The van der Waals surface area contributed by atoms with Crippen LogP contribution in [0.15, 0.2) is 51.0 Å². The van der Waals surface area contributed by atoms with Gasteiger partial charge in [0, 0.05) is 31.9 Å². The quantitative estimate of drug-likeness (QED) is 0.184. The first-order chi connectivity index (χ1) is 14.5. The predicted molar refractivity (Wildman–Crippen MR) is 140 cm³/mol. The van der Waals surface area contributed by atoms with Crippen LogP contribution in [-0.4, -0.2) is 47.1 Å². The number of nitrogens with one attached hydrogen (secondary N) is 3. The molecule has 1 fully saturated rings. The number of hydrogen-bond acceptors (Lipinski definition) is 5. The Bertz CT molecular complexity index is 929. The molecule has 172 valence electrons. The molecule has 7 nitrogen and oxygen atoms in total. The van der Waals surface area contributed by atoms with Crippen molar-refractivity contribution in [3.05, 3.63) is 47.3 Å². The molecule has 10 heteroatoms. The molecular weight excluding hydrogens is 545 g/mol. The van der Waals surface area contributed by atoms with Gasteiger partial charge >= 0.3 is 0 Å². The van der Waals surface area contributed by atoms with Crippen LogP contribution in [0.1, 0.15) is 38.3 Å². The number of rotatable bonds is 9. The summed E-state index contributed by atoms with van der Waals surface area (Å²) in [6.45, 7) is 7.68. The summed E-state index contributed by atoms with van der Waals surface area (Å²) in [5.41, 5.74) is 2.46. The van der Waals surface area contributed by atoms with Gasteiger partial charge in [-0.05, 0) is 55.8 Å². The Morgan fingerprint density at radius 1 is 1.23 bits per heavy atom. The largest absolute Gasteiger partial charge is 0.372 e. The minimum atomic E-state index is -3.45. The molecule has 0 bridgehead atoms. The van der Waals surface area contributed by atoms with E-state index < -0.39 is 10.0 Å². The summed E-state index contributed by atoms with van der Waals surface area (Å²) in [4.78, 5) is 6.95. The zero-order valence-electron chi connectivity index (χ0n) is 18.0. The normalized spacial score (nSPS) is 15.4. The maximum Gasteiger partial charge on any atom is 0.250 e. The molecular formula is C21H32IN5O2S2. The summed E-state index contributed by atoms with van der Waals surface area (Å²) in [5, 5.41) is 8.40. The van der Waals surface area contributed by atoms with Gasteiger partial charge in [0.2, 0.25) is 10.0 Å². The average molecular weight is 578 g/mol. The van der Waals surface area contributed by atoms with Gasteiger partial charge in [-0.2, -0.15) is 0 Å². The molecule has 3 N–H and O–H groups in total. The van der Waals surface area contributed by atoms with E-state index in [0.717, 1.165) is 19.6 Å². The topological polar surface area (TPSA) is 85.8 Å². The molecule has 31 heavy (non-hydrogen) atoms. The first kappa shape index (κ1) is 25.9. The van der Waals surface area contributed by atoms with Crippen molar-refractivity contribution in [2.75, 3.05) is 37.6 Å². The van der Waals surface area contributed by atoms with E-state index >= 15 is 0 Å². The number of sulfonamides is 1. The van der Waals surface area contributed by atoms with Crippen molar-refractivity contribution in [3.63, 3.8) is 0 Å². The summed E-state index contributed by atoms with van der Waals surface area (Å²) < 4.78 is 27.3. The third-order valence-electron chi connectivity index (χ3n) is 4.97. The van der Waals surface area contributed by atoms with Crippen LogP contribution in [0.4, 0.5) is 5.69 Å². The van der Waals surface area contributed by atoms with Gasteiger partial charge in [0.1, 0.15) is 4.21 Å². The fraction of sp³-hybridized carbons (Fsp3) is 0.476. The number of hydrogen-bond donors (Lipinski definition) is 3. The molecule has 1 aromatic carbocycles. The summed E-state index contributed by atoms with van der Waals surface area (Å²) in [6.07, 6.45) is 2.51. The van der Waals surface area contributed by atoms with Gasteiger partial charge in [-0.25, -0.2) is 13.1 Å². The predicted octanol–water partition coefficient (Wildman–Crippen LogP) is 3.56. The molecule has 1 unspecified atom stereocenters. The van der Waals surface area contributed by atoms with Crippen molar-refractivity contribution in [2.45, 2.75) is 36.9 Å². The zero-order valence-corrected chi connectivity index (χ0v) is 22.0. The SMILES string of the molecule is CCNC(=NCCNS(=O)(=O)c1cccs1)NC(C)c1cccc(N2CCCC2)c1.I. The highest BCUT2D eigenvalue weighted by Crippen LogP contribution is 2.24. The van der Waals surface area contributed by atoms with Crippen molar-refractivity contribution >= 4 is 57.0 Å². The van der Waals surface area contributed by atoms with Crippen LogP contribution in [0.3, 0.4) is 0 Å². The Kier molecular flexibility index (Phi) is 10.5. The Morgan fingerprint density at radius 2 is 2.00 bits per heavy atom. The second-order valence-corrected chi connectivity index (χ2v) is 10.2. The molecule has 1 aliphatic heterocycles. The number of nitrogens with zero attached hydrogens (tertiary/aromatic N) is 2. The zero-order chi connectivity index (χ0) is 21.4. The Hall–Kier alpha value is -1.37. The van der Waals surface area contributed by atoms with Gasteiger partial charge < -0.3 is 15.5 Å². The van der Waals surface area contributed by atoms with Gasteiger partial charge in [0.15, 0.2) is 5.96 Å². The number of benzene rings is 1. The van der Waals surface area contributed by atoms with E-state index in [9.17, 15) is 8.42 Å². The Morgan fingerprint density at radius 3 is 2.68 bits per heavy atom. The highest BCUT2D eigenvalue weighted by Gasteiger charge is 2.15. The van der Waals surface area contributed by atoms with Gasteiger partial charge in [0.25, 0.3) is 0 Å². The van der Waals surface area contributed by atoms with Crippen LogP contribution in [-0.2, 0) is 10.0 Å². The van der Waals surface area contributed by atoms with Crippen molar-refractivity contribution in [1.29, 1.82) is 0 Å². The van der Waals surface area contributed by atoms with E-state index in [0.29, 0.717) is 16.7 Å². The monoisotopic (exact) mass is 577 g/mol. The van der Waals surface area contributed by atoms with E-state index in [2.05, 4.69) is 56.4 Å². The molecule has 1 saturated heterocycles. The molecule has 2 aromatic rings. The molecule has 0 amide bonds.